The van der Waals surface area contributed by atoms with E-state index in [-0.39, 0.29) is 5.56 Å². The summed E-state index contributed by atoms with van der Waals surface area (Å²) >= 11 is 0. The number of benzene rings is 2. The van der Waals surface area contributed by atoms with E-state index in [9.17, 15) is 4.79 Å². The normalized spacial score (nSPS) is 15.3. The maximum absolute atomic E-state index is 12.6. The number of guanidine groups is 1. The fourth-order valence-electron chi connectivity index (χ4n) is 2.97. The van der Waals surface area contributed by atoms with Crippen LogP contribution in [0.4, 0.5) is 11.6 Å². The Morgan fingerprint density at radius 1 is 1.11 bits per heavy atom. The third-order valence-corrected chi connectivity index (χ3v) is 4.26. The number of aliphatic imine (C=N–C) groups is 1. The predicted octanol–water partition coefficient (Wildman–Crippen LogP) is 3.00. The maximum atomic E-state index is 12.6. The van der Waals surface area contributed by atoms with Gasteiger partial charge in [0.1, 0.15) is 5.75 Å². The van der Waals surface area contributed by atoms with Gasteiger partial charge < -0.3 is 10.1 Å². The van der Waals surface area contributed by atoms with E-state index in [0.29, 0.717) is 17.6 Å². The largest absolute Gasteiger partial charge is 0.497 e. The van der Waals surface area contributed by atoms with E-state index in [1.807, 2.05) is 54.6 Å². The second kappa shape index (κ2) is 6.95. The number of nitrogens with zero attached hydrogens (tertiary/aromatic N) is 3. The number of nitrogens with one attached hydrogen (secondary N) is 2. The van der Waals surface area contributed by atoms with Crippen molar-refractivity contribution in [3.8, 4) is 5.75 Å². The fraction of sp³-hybridized carbons (Fsp3) is 0.150. The standard InChI is InChI=1S/C20H19N5O2/c1-13-12-17(26)25-18(14-6-4-3-5-7-14)23-19(24-20(25)21-13)22-15-8-10-16(27-2)11-9-15/h3-12,18H,1-2H3,(H2,21,22,23,24). The highest BCUT2D eigenvalue weighted by molar-refractivity contribution is 6.03. The molecule has 0 amide bonds. The third kappa shape index (κ3) is 3.39. The first kappa shape index (κ1) is 16.8. The van der Waals surface area contributed by atoms with E-state index in [2.05, 4.69) is 15.6 Å². The molecule has 7 nitrogen and oxygen atoms in total. The minimum Gasteiger partial charge on any atom is -0.497 e. The van der Waals surface area contributed by atoms with Crippen molar-refractivity contribution in [1.29, 1.82) is 0 Å². The summed E-state index contributed by atoms with van der Waals surface area (Å²) in [6.07, 6.45) is -0.496. The lowest BCUT2D eigenvalue weighted by atomic mass is 10.1. The van der Waals surface area contributed by atoms with Gasteiger partial charge in [-0.2, -0.15) is 0 Å². The number of aromatic nitrogens is 2. The van der Waals surface area contributed by atoms with Gasteiger partial charge in [-0.05, 0) is 36.8 Å². The van der Waals surface area contributed by atoms with Crippen molar-refractivity contribution in [3.63, 3.8) is 0 Å². The quantitative estimate of drug-likeness (QED) is 0.750. The second-order valence-corrected chi connectivity index (χ2v) is 6.17. The number of hydrogen-bond acceptors (Lipinski definition) is 6. The van der Waals surface area contributed by atoms with Crippen LogP contribution >= 0.6 is 0 Å². The Hall–Kier alpha value is -3.61. The lowest BCUT2D eigenvalue weighted by molar-refractivity contribution is 0.415. The van der Waals surface area contributed by atoms with Gasteiger partial charge in [0.15, 0.2) is 6.17 Å². The highest BCUT2D eigenvalue weighted by atomic mass is 16.5. The second-order valence-electron chi connectivity index (χ2n) is 6.17. The molecule has 1 aliphatic heterocycles. The van der Waals surface area contributed by atoms with Gasteiger partial charge in [-0.15, -0.1) is 0 Å². The summed E-state index contributed by atoms with van der Waals surface area (Å²) in [5.74, 6) is 1.75. The number of rotatable bonds is 3. The minimum absolute atomic E-state index is 0.147. The van der Waals surface area contributed by atoms with Crippen LogP contribution in [0.1, 0.15) is 17.4 Å². The smallest absolute Gasteiger partial charge is 0.257 e. The van der Waals surface area contributed by atoms with E-state index < -0.39 is 6.17 Å². The average molecular weight is 361 g/mol. The SMILES string of the molecule is COc1ccc(NC2=NC(c3ccccc3)n3c(nc(C)cc3=O)N2)cc1. The van der Waals surface area contributed by atoms with E-state index in [4.69, 9.17) is 9.73 Å². The lowest BCUT2D eigenvalue weighted by Crippen LogP contribution is -2.37. The molecule has 2 N–H and O–H groups in total. The summed E-state index contributed by atoms with van der Waals surface area (Å²) in [7, 11) is 1.63. The predicted molar refractivity (Wildman–Crippen MR) is 105 cm³/mol. The first-order valence-corrected chi connectivity index (χ1v) is 8.55. The molecule has 0 saturated carbocycles. The Bertz CT molecular complexity index is 1040. The van der Waals surface area contributed by atoms with Gasteiger partial charge >= 0.3 is 0 Å². The number of ether oxygens (including phenoxy) is 1. The summed E-state index contributed by atoms with van der Waals surface area (Å²) < 4.78 is 6.74. The van der Waals surface area contributed by atoms with Crippen LogP contribution in [0.3, 0.4) is 0 Å². The van der Waals surface area contributed by atoms with Crippen LogP contribution in [0.2, 0.25) is 0 Å². The van der Waals surface area contributed by atoms with Crippen LogP contribution in [0.15, 0.2) is 70.5 Å². The molecule has 0 aliphatic carbocycles. The Kier molecular flexibility index (Phi) is 4.33. The molecule has 136 valence electrons. The van der Waals surface area contributed by atoms with E-state index in [1.54, 1.807) is 18.6 Å². The molecular weight excluding hydrogens is 342 g/mol. The summed E-state index contributed by atoms with van der Waals surface area (Å²) in [4.78, 5) is 21.8. The first-order valence-electron chi connectivity index (χ1n) is 8.55. The zero-order valence-electron chi connectivity index (χ0n) is 15.0. The molecule has 1 aromatic heterocycles. The number of hydrogen-bond donors (Lipinski definition) is 2. The summed E-state index contributed by atoms with van der Waals surface area (Å²) in [5.41, 5.74) is 2.25. The molecule has 2 aromatic carbocycles. The highest BCUT2D eigenvalue weighted by Gasteiger charge is 2.24. The van der Waals surface area contributed by atoms with Crippen molar-refractivity contribution >= 4 is 17.6 Å². The topological polar surface area (TPSA) is 80.5 Å². The number of anilines is 2. The Morgan fingerprint density at radius 3 is 2.56 bits per heavy atom. The summed E-state index contributed by atoms with van der Waals surface area (Å²) in [6.45, 7) is 1.80. The first-order chi connectivity index (χ1) is 13.1. The third-order valence-electron chi connectivity index (χ3n) is 4.26. The molecule has 0 saturated heterocycles. The van der Waals surface area contributed by atoms with Crippen LogP contribution in [-0.4, -0.2) is 22.6 Å². The van der Waals surface area contributed by atoms with Crippen LogP contribution < -0.4 is 20.9 Å². The molecule has 7 heteroatoms. The molecule has 1 aliphatic rings. The van der Waals surface area contributed by atoms with Crippen molar-refractivity contribution in [2.75, 3.05) is 17.7 Å². The van der Waals surface area contributed by atoms with Crippen molar-refractivity contribution in [2.24, 2.45) is 4.99 Å². The highest BCUT2D eigenvalue weighted by Crippen LogP contribution is 2.25. The van der Waals surface area contributed by atoms with Crippen LogP contribution in [0.5, 0.6) is 5.75 Å². The van der Waals surface area contributed by atoms with Gasteiger partial charge in [-0.1, -0.05) is 30.3 Å². The van der Waals surface area contributed by atoms with Gasteiger partial charge in [0.05, 0.1) is 7.11 Å². The maximum Gasteiger partial charge on any atom is 0.257 e. The van der Waals surface area contributed by atoms with Gasteiger partial charge in [-0.3, -0.25) is 14.7 Å². The Labute approximate surface area is 156 Å². The molecule has 3 aromatic rings. The van der Waals surface area contributed by atoms with Gasteiger partial charge in [-0.25, -0.2) is 9.98 Å². The molecule has 1 atom stereocenters. The summed E-state index contributed by atoms with van der Waals surface area (Å²) in [6, 6.07) is 18.7. The summed E-state index contributed by atoms with van der Waals surface area (Å²) in [5, 5.41) is 6.35. The van der Waals surface area contributed by atoms with E-state index >= 15 is 0 Å². The zero-order valence-corrected chi connectivity index (χ0v) is 15.0. The molecule has 0 spiro atoms. The number of fused-ring (bicyclic) bond motifs is 1. The van der Waals surface area contributed by atoms with Gasteiger partial charge in [0.25, 0.3) is 5.56 Å². The van der Waals surface area contributed by atoms with E-state index in [0.717, 1.165) is 17.0 Å². The van der Waals surface area contributed by atoms with Crippen LogP contribution in [0, 0.1) is 6.92 Å². The molecule has 0 fully saturated rings. The fourth-order valence-corrected chi connectivity index (χ4v) is 2.97. The minimum atomic E-state index is -0.496. The van der Waals surface area contributed by atoms with Crippen molar-refractivity contribution in [2.45, 2.75) is 13.1 Å². The van der Waals surface area contributed by atoms with Gasteiger partial charge in [0, 0.05) is 17.4 Å². The molecule has 0 bridgehead atoms. The van der Waals surface area contributed by atoms with Crippen LogP contribution in [-0.2, 0) is 0 Å². The molecule has 2 heterocycles. The van der Waals surface area contributed by atoms with Gasteiger partial charge in [0.2, 0.25) is 11.9 Å². The van der Waals surface area contributed by atoms with Crippen molar-refractivity contribution in [1.82, 2.24) is 9.55 Å². The molecule has 1 unspecified atom stereocenters. The number of methoxy groups -OCH3 is 1. The van der Waals surface area contributed by atoms with E-state index in [1.165, 1.54) is 6.07 Å². The monoisotopic (exact) mass is 361 g/mol. The molecule has 0 radical (unpaired) electrons. The molecule has 27 heavy (non-hydrogen) atoms. The molecular formula is C20H19N5O2. The Morgan fingerprint density at radius 2 is 1.85 bits per heavy atom. The molecule has 4 rings (SSSR count). The Balaban J connectivity index is 1.74. The van der Waals surface area contributed by atoms with Crippen LogP contribution in [0.25, 0.3) is 0 Å². The van der Waals surface area contributed by atoms with Crippen molar-refractivity contribution < 1.29 is 4.74 Å². The lowest BCUT2D eigenvalue weighted by Gasteiger charge is -2.27. The number of aryl methyl sites for hydroxylation is 1. The zero-order chi connectivity index (χ0) is 18.8. The van der Waals surface area contributed by atoms with Crippen molar-refractivity contribution in [3.05, 3.63) is 82.3 Å². The average Bonchev–Trinajstić information content (AvgIpc) is 2.68.